The highest BCUT2D eigenvalue weighted by atomic mass is 32.1. The molecule has 0 aliphatic carbocycles. The van der Waals surface area contributed by atoms with Crippen molar-refractivity contribution in [1.29, 1.82) is 0 Å². The quantitative estimate of drug-likeness (QED) is 0.733. The maximum Gasteiger partial charge on any atom is 0.268 e. The lowest BCUT2D eigenvalue weighted by molar-refractivity contribution is 0.0991. The molecule has 0 N–H and O–H groups in total. The number of hydrogen-bond acceptors (Lipinski definition) is 4. The third-order valence-electron chi connectivity index (χ3n) is 3.90. The molecule has 2 heterocycles. The van der Waals surface area contributed by atoms with E-state index in [9.17, 15) is 14.0 Å². The third-order valence-corrected chi connectivity index (χ3v) is 5.09. The number of anilines is 1. The zero-order chi connectivity index (χ0) is 17.4. The van der Waals surface area contributed by atoms with Gasteiger partial charge in [0.25, 0.3) is 11.5 Å². The number of carbonyl (C=O) groups is 1. The van der Waals surface area contributed by atoms with Gasteiger partial charge in [0, 0.05) is 19.3 Å². The molecule has 124 valence electrons. The van der Waals surface area contributed by atoms with Crippen LogP contribution in [-0.4, -0.2) is 22.0 Å². The van der Waals surface area contributed by atoms with E-state index in [-0.39, 0.29) is 17.3 Å². The lowest BCUT2D eigenvalue weighted by Gasteiger charge is -2.20. The molecule has 0 aliphatic rings. The molecule has 0 saturated carbocycles. The van der Waals surface area contributed by atoms with Gasteiger partial charge in [-0.1, -0.05) is 0 Å². The number of fused-ring (bicyclic) bond motifs is 1. The van der Waals surface area contributed by atoms with Crippen LogP contribution >= 0.6 is 11.3 Å². The number of benzene rings is 1. The van der Waals surface area contributed by atoms with Crippen molar-refractivity contribution in [3.05, 3.63) is 57.2 Å². The van der Waals surface area contributed by atoms with E-state index in [2.05, 4.69) is 4.98 Å². The van der Waals surface area contributed by atoms with Crippen molar-refractivity contribution in [2.45, 2.75) is 13.8 Å². The van der Waals surface area contributed by atoms with E-state index in [0.29, 0.717) is 32.9 Å². The highest BCUT2D eigenvalue weighted by molar-refractivity contribution is 7.20. The Morgan fingerprint density at radius 2 is 2.00 bits per heavy atom. The second kappa shape index (κ2) is 6.16. The summed E-state index contributed by atoms with van der Waals surface area (Å²) in [7, 11) is 1.63. The van der Waals surface area contributed by atoms with Crippen molar-refractivity contribution in [3.8, 4) is 0 Å². The highest BCUT2D eigenvalue weighted by Crippen LogP contribution is 2.29. The Labute approximate surface area is 142 Å². The van der Waals surface area contributed by atoms with Crippen LogP contribution in [0.4, 0.5) is 10.1 Å². The Bertz CT molecular complexity index is 976. The summed E-state index contributed by atoms with van der Waals surface area (Å²) in [6.07, 6.45) is 1.45. The van der Waals surface area contributed by atoms with Crippen molar-refractivity contribution < 1.29 is 9.18 Å². The van der Waals surface area contributed by atoms with Gasteiger partial charge in [-0.25, -0.2) is 9.37 Å². The van der Waals surface area contributed by atoms with Crippen molar-refractivity contribution in [2.24, 2.45) is 7.05 Å². The number of thiophene rings is 1. The van der Waals surface area contributed by atoms with E-state index in [4.69, 9.17) is 0 Å². The van der Waals surface area contributed by atoms with E-state index in [0.717, 1.165) is 0 Å². The average Bonchev–Trinajstić information content (AvgIpc) is 2.91. The standard InChI is InChI=1S/C17H16FN3O2S/c1-4-21(12-7-5-11(18)6-8-12)17(23)14-10(2)13-15(24-14)19-9-20(3)16(13)22/h5-9H,4H2,1-3H3. The molecule has 24 heavy (non-hydrogen) atoms. The smallest absolute Gasteiger partial charge is 0.268 e. The molecule has 0 unspecified atom stereocenters. The van der Waals surface area contributed by atoms with Gasteiger partial charge >= 0.3 is 0 Å². The molecule has 1 amide bonds. The Morgan fingerprint density at radius 1 is 1.33 bits per heavy atom. The topological polar surface area (TPSA) is 55.2 Å². The molecular weight excluding hydrogens is 329 g/mol. The molecule has 1 aromatic carbocycles. The maximum absolute atomic E-state index is 13.1. The molecular formula is C17H16FN3O2S. The fourth-order valence-corrected chi connectivity index (χ4v) is 3.69. The second-order valence-electron chi connectivity index (χ2n) is 5.42. The van der Waals surface area contributed by atoms with Crippen molar-refractivity contribution in [2.75, 3.05) is 11.4 Å². The zero-order valence-corrected chi connectivity index (χ0v) is 14.4. The maximum atomic E-state index is 13.1. The molecule has 0 bridgehead atoms. The first-order valence-electron chi connectivity index (χ1n) is 7.46. The first-order valence-corrected chi connectivity index (χ1v) is 8.27. The van der Waals surface area contributed by atoms with Crippen LogP contribution in [0.1, 0.15) is 22.2 Å². The van der Waals surface area contributed by atoms with Gasteiger partial charge in [-0.3, -0.25) is 9.59 Å². The average molecular weight is 345 g/mol. The van der Waals surface area contributed by atoms with Gasteiger partial charge in [0.05, 0.1) is 16.6 Å². The van der Waals surface area contributed by atoms with E-state index >= 15 is 0 Å². The minimum absolute atomic E-state index is 0.169. The molecule has 3 aromatic rings. The minimum Gasteiger partial charge on any atom is -0.308 e. The SMILES string of the molecule is CCN(C(=O)c1sc2ncn(C)c(=O)c2c1C)c1ccc(F)cc1. The lowest BCUT2D eigenvalue weighted by atomic mass is 10.2. The Morgan fingerprint density at radius 3 is 2.62 bits per heavy atom. The van der Waals surface area contributed by atoms with Crippen LogP contribution in [0, 0.1) is 12.7 Å². The molecule has 0 radical (unpaired) electrons. The van der Waals surface area contributed by atoms with Gasteiger partial charge in [-0.15, -0.1) is 11.3 Å². The molecule has 5 nitrogen and oxygen atoms in total. The number of carbonyl (C=O) groups excluding carboxylic acids is 1. The number of aryl methyl sites for hydroxylation is 2. The van der Waals surface area contributed by atoms with Gasteiger partial charge < -0.3 is 9.47 Å². The molecule has 0 spiro atoms. The predicted molar refractivity (Wildman–Crippen MR) is 93.3 cm³/mol. The van der Waals surface area contributed by atoms with E-state index in [1.807, 2.05) is 6.92 Å². The highest BCUT2D eigenvalue weighted by Gasteiger charge is 2.23. The van der Waals surface area contributed by atoms with E-state index in [1.165, 1.54) is 34.4 Å². The normalized spacial score (nSPS) is 11.0. The van der Waals surface area contributed by atoms with Crippen molar-refractivity contribution in [3.63, 3.8) is 0 Å². The number of halogens is 1. The van der Waals surface area contributed by atoms with Crippen LogP contribution < -0.4 is 10.5 Å². The van der Waals surface area contributed by atoms with Crippen LogP contribution in [0.5, 0.6) is 0 Å². The van der Waals surface area contributed by atoms with Gasteiger partial charge in [0.1, 0.15) is 10.6 Å². The van der Waals surface area contributed by atoms with Crippen LogP contribution in [-0.2, 0) is 7.05 Å². The summed E-state index contributed by atoms with van der Waals surface area (Å²) in [5, 5.41) is 0.475. The Hall–Kier alpha value is -2.54. The van der Waals surface area contributed by atoms with Gasteiger partial charge in [-0.2, -0.15) is 0 Å². The Balaban J connectivity index is 2.10. The molecule has 7 heteroatoms. The number of rotatable bonds is 3. The second-order valence-corrected chi connectivity index (χ2v) is 6.42. The van der Waals surface area contributed by atoms with Crippen LogP contribution in [0.25, 0.3) is 10.2 Å². The van der Waals surface area contributed by atoms with Crippen LogP contribution in [0.2, 0.25) is 0 Å². The Kier molecular flexibility index (Phi) is 4.19. The lowest BCUT2D eigenvalue weighted by Crippen LogP contribution is -2.30. The van der Waals surface area contributed by atoms with Crippen molar-refractivity contribution in [1.82, 2.24) is 9.55 Å². The summed E-state index contributed by atoms with van der Waals surface area (Å²) in [6, 6.07) is 5.77. The fourth-order valence-electron chi connectivity index (χ4n) is 2.60. The number of nitrogens with zero attached hydrogens (tertiary/aromatic N) is 3. The van der Waals surface area contributed by atoms with E-state index in [1.54, 1.807) is 31.0 Å². The molecule has 0 saturated heterocycles. The summed E-state index contributed by atoms with van der Waals surface area (Å²) >= 11 is 1.21. The number of amides is 1. The summed E-state index contributed by atoms with van der Waals surface area (Å²) in [4.78, 5) is 32.1. The van der Waals surface area contributed by atoms with Crippen LogP contribution in [0.3, 0.4) is 0 Å². The molecule has 0 atom stereocenters. The molecule has 0 aliphatic heterocycles. The molecule has 3 rings (SSSR count). The summed E-state index contributed by atoms with van der Waals surface area (Å²) in [5.74, 6) is -0.570. The first-order chi connectivity index (χ1) is 11.4. The first kappa shape index (κ1) is 16.3. The largest absolute Gasteiger partial charge is 0.308 e. The van der Waals surface area contributed by atoms with Gasteiger partial charge in [0.2, 0.25) is 0 Å². The third kappa shape index (κ3) is 2.60. The number of hydrogen-bond donors (Lipinski definition) is 0. The summed E-state index contributed by atoms with van der Waals surface area (Å²) in [6.45, 7) is 4.04. The van der Waals surface area contributed by atoms with Gasteiger partial charge in [0.15, 0.2) is 0 Å². The predicted octanol–water partition coefficient (Wildman–Crippen LogP) is 3.11. The fraction of sp³-hybridized carbons (Fsp3) is 0.235. The summed E-state index contributed by atoms with van der Waals surface area (Å²) < 4.78 is 14.5. The zero-order valence-electron chi connectivity index (χ0n) is 13.5. The number of aromatic nitrogens is 2. The molecule has 2 aromatic heterocycles. The summed E-state index contributed by atoms with van der Waals surface area (Å²) in [5.41, 5.74) is 1.08. The van der Waals surface area contributed by atoms with E-state index < -0.39 is 0 Å². The molecule has 0 fully saturated rings. The van der Waals surface area contributed by atoms with Gasteiger partial charge in [-0.05, 0) is 43.7 Å². The minimum atomic E-state index is -0.354. The monoisotopic (exact) mass is 345 g/mol. The van der Waals surface area contributed by atoms with Crippen LogP contribution in [0.15, 0.2) is 35.4 Å². The van der Waals surface area contributed by atoms with Crippen molar-refractivity contribution >= 4 is 33.1 Å².